The number of fused-ring (bicyclic) bond motifs is 1. The van der Waals surface area contributed by atoms with Gasteiger partial charge in [-0.3, -0.25) is 0 Å². The number of ether oxygens (including phenoxy) is 1. The molecule has 1 aromatic rings. The highest BCUT2D eigenvalue weighted by molar-refractivity contribution is 5.58. The number of rotatable bonds is 2. The first kappa shape index (κ1) is 11.8. The van der Waals surface area contributed by atoms with Crippen LogP contribution in [0.4, 0.5) is 5.69 Å². The second kappa shape index (κ2) is 4.81. The van der Waals surface area contributed by atoms with E-state index in [1.165, 1.54) is 37.1 Å². The minimum atomic E-state index is 0.680. The number of likely N-dealkylation sites (tertiary alicyclic amines) is 1. The van der Waals surface area contributed by atoms with Crippen LogP contribution in [0.15, 0.2) is 18.2 Å². The van der Waals surface area contributed by atoms with E-state index in [0.717, 1.165) is 18.3 Å². The van der Waals surface area contributed by atoms with Crippen LogP contribution in [0.1, 0.15) is 30.7 Å². The quantitative estimate of drug-likeness (QED) is 0.868. The summed E-state index contributed by atoms with van der Waals surface area (Å²) in [5, 5.41) is 3.51. The molecule has 2 heterocycles. The molecule has 0 aliphatic carbocycles. The van der Waals surface area contributed by atoms with Gasteiger partial charge in [-0.25, -0.2) is 0 Å². The van der Waals surface area contributed by atoms with E-state index in [9.17, 15) is 0 Å². The van der Waals surface area contributed by atoms with Crippen molar-refractivity contribution in [3.63, 3.8) is 0 Å². The van der Waals surface area contributed by atoms with Gasteiger partial charge >= 0.3 is 0 Å². The molecule has 0 bridgehead atoms. The number of nitrogens with one attached hydrogen (secondary N) is 1. The van der Waals surface area contributed by atoms with Crippen LogP contribution in [0.25, 0.3) is 0 Å². The molecule has 2 aliphatic heterocycles. The van der Waals surface area contributed by atoms with Gasteiger partial charge in [0.05, 0.1) is 7.11 Å². The van der Waals surface area contributed by atoms with Gasteiger partial charge in [0.15, 0.2) is 0 Å². The van der Waals surface area contributed by atoms with E-state index in [0.29, 0.717) is 5.92 Å². The summed E-state index contributed by atoms with van der Waals surface area (Å²) in [4.78, 5) is 2.53. The summed E-state index contributed by atoms with van der Waals surface area (Å²) >= 11 is 0. The molecule has 1 aromatic carbocycles. The van der Waals surface area contributed by atoms with Crippen molar-refractivity contribution in [2.45, 2.75) is 31.2 Å². The predicted octanol–water partition coefficient (Wildman–Crippen LogP) is 2.69. The standard InChI is InChI=1S/C15H22N2O/c1-17-9-3-4-15(17)13-7-8-16-14-10-11(18-2)5-6-12(13)14/h5-6,10,13,15-16H,3-4,7-9H2,1-2H3. The Kier molecular flexibility index (Phi) is 3.16. The van der Waals surface area contributed by atoms with Crippen LogP contribution in [-0.4, -0.2) is 38.2 Å². The maximum atomic E-state index is 5.31. The Morgan fingerprint density at radius 1 is 1.33 bits per heavy atom. The summed E-state index contributed by atoms with van der Waals surface area (Å²) < 4.78 is 5.31. The van der Waals surface area contributed by atoms with Crippen molar-refractivity contribution >= 4 is 5.69 Å². The molecule has 98 valence electrons. The van der Waals surface area contributed by atoms with Crippen LogP contribution in [-0.2, 0) is 0 Å². The lowest BCUT2D eigenvalue weighted by Gasteiger charge is -2.34. The van der Waals surface area contributed by atoms with Gasteiger partial charge < -0.3 is 15.0 Å². The fraction of sp³-hybridized carbons (Fsp3) is 0.600. The molecule has 0 amide bonds. The first-order valence-corrected chi connectivity index (χ1v) is 6.91. The number of anilines is 1. The van der Waals surface area contributed by atoms with Crippen LogP contribution >= 0.6 is 0 Å². The lowest BCUT2D eigenvalue weighted by atomic mass is 9.84. The highest BCUT2D eigenvalue weighted by Crippen LogP contribution is 2.40. The largest absolute Gasteiger partial charge is 0.497 e. The Morgan fingerprint density at radius 2 is 2.22 bits per heavy atom. The van der Waals surface area contributed by atoms with Crippen molar-refractivity contribution in [3.8, 4) is 5.75 Å². The molecule has 3 nitrogen and oxygen atoms in total. The minimum absolute atomic E-state index is 0.680. The first-order valence-electron chi connectivity index (χ1n) is 6.91. The van der Waals surface area contributed by atoms with Crippen molar-refractivity contribution in [2.24, 2.45) is 0 Å². The molecule has 0 saturated carbocycles. The van der Waals surface area contributed by atoms with E-state index in [4.69, 9.17) is 4.74 Å². The Morgan fingerprint density at radius 3 is 2.94 bits per heavy atom. The molecule has 2 unspecified atom stereocenters. The summed E-state index contributed by atoms with van der Waals surface area (Å²) in [7, 11) is 4.00. The minimum Gasteiger partial charge on any atom is -0.497 e. The summed E-state index contributed by atoms with van der Waals surface area (Å²) in [6.07, 6.45) is 3.93. The van der Waals surface area contributed by atoms with Gasteiger partial charge in [0, 0.05) is 30.3 Å². The number of methoxy groups -OCH3 is 1. The van der Waals surface area contributed by atoms with Crippen molar-refractivity contribution in [1.29, 1.82) is 0 Å². The van der Waals surface area contributed by atoms with Gasteiger partial charge in [0.1, 0.15) is 5.75 Å². The lowest BCUT2D eigenvalue weighted by molar-refractivity contribution is 0.263. The Balaban J connectivity index is 1.91. The van der Waals surface area contributed by atoms with Crippen molar-refractivity contribution in [1.82, 2.24) is 4.90 Å². The summed E-state index contributed by atoms with van der Waals surface area (Å²) in [5.74, 6) is 1.63. The molecule has 0 spiro atoms. The van der Waals surface area contributed by atoms with Crippen molar-refractivity contribution < 1.29 is 4.74 Å². The van der Waals surface area contributed by atoms with Crippen LogP contribution in [0.2, 0.25) is 0 Å². The topological polar surface area (TPSA) is 24.5 Å². The lowest BCUT2D eigenvalue weighted by Crippen LogP contribution is -2.34. The molecule has 0 aromatic heterocycles. The number of hydrogen-bond acceptors (Lipinski definition) is 3. The molecule has 0 radical (unpaired) electrons. The van der Waals surface area contributed by atoms with Gasteiger partial charge in [-0.2, -0.15) is 0 Å². The van der Waals surface area contributed by atoms with Crippen LogP contribution in [0.5, 0.6) is 5.75 Å². The normalized spacial score (nSPS) is 27.7. The molecule has 3 rings (SSSR count). The molecule has 1 fully saturated rings. The summed E-state index contributed by atoms with van der Waals surface area (Å²) in [5.41, 5.74) is 2.74. The zero-order valence-corrected chi connectivity index (χ0v) is 11.3. The first-order chi connectivity index (χ1) is 8.79. The Bertz CT molecular complexity index is 433. The Labute approximate surface area is 109 Å². The Hall–Kier alpha value is -1.22. The summed E-state index contributed by atoms with van der Waals surface area (Å²) in [6, 6.07) is 7.20. The van der Waals surface area contributed by atoms with Crippen molar-refractivity contribution in [3.05, 3.63) is 23.8 Å². The van der Waals surface area contributed by atoms with E-state index in [2.05, 4.69) is 35.5 Å². The fourth-order valence-electron chi connectivity index (χ4n) is 3.50. The highest BCUT2D eigenvalue weighted by Gasteiger charge is 2.33. The second-order valence-electron chi connectivity index (χ2n) is 5.47. The number of benzene rings is 1. The van der Waals surface area contributed by atoms with Crippen LogP contribution in [0, 0.1) is 0 Å². The maximum absolute atomic E-state index is 5.31. The molecule has 1 saturated heterocycles. The smallest absolute Gasteiger partial charge is 0.120 e. The third-order valence-corrected chi connectivity index (χ3v) is 4.47. The third-order valence-electron chi connectivity index (χ3n) is 4.47. The van der Waals surface area contributed by atoms with Gasteiger partial charge in [-0.05, 0) is 44.5 Å². The monoisotopic (exact) mass is 246 g/mol. The molecular formula is C15H22N2O. The molecule has 3 heteroatoms. The van der Waals surface area contributed by atoms with E-state index >= 15 is 0 Å². The third kappa shape index (κ3) is 1.97. The predicted molar refractivity (Wildman–Crippen MR) is 74.5 cm³/mol. The van der Waals surface area contributed by atoms with Gasteiger partial charge in [-0.15, -0.1) is 0 Å². The highest BCUT2D eigenvalue weighted by atomic mass is 16.5. The van der Waals surface area contributed by atoms with Crippen LogP contribution < -0.4 is 10.1 Å². The average molecular weight is 246 g/mol. The molecule has 1 N–H and O–H groups in total. The van der Waals surface area contributed by atoms with Crippen LogP contribution in [0.3, 0.4) is 0 Å². The SMILES string of the molecule is COc1ccc2c(c1)NCCC2C1CCCN1C. The van der Waals surface area contributed by atoms with Gasteiger partial charge in [-0.1, -0.05) is 6.07 Å². The molecule has 2 atom stereocenters. The van der Waals surface area contributed by atoms with Crippen molar-refractivity contribution in [2.75, 3.05) is 32.6 Å². The second-order valence-corrected chi connectivity index (χ2v) is 5.47. The number of nitrogens with zero attached hydrogens (tertiary/aromatic N) is 1. The zero-order chi connectivity index (χ0) is 12.5. The molecule has 18 heavy (non-hydrogen) atoms. The summed E-state index contributed by atoms with van der Waals surface area (Å²) in [6.45, 7) is 2.33. The fourth-order valence-corrected chi connectivity index (χ4v) is 3.50. The van der Waals surface area contributed by atoms with E-state index in [-0.39, 0.29) is 0 Å². The van der Waals surface area contributed by atoms with E-state index < -0.39 is 0 Å². The number of hydrogen-bond donors (Lipinski definition) is 1. The molecule has 2 aliphatic rings. The van der Waals surface area contributed by atoms with Gasteiger partial charge in [0.2, 0.25) is 0 Å². The van der Waals surface area contributed by atoms with E-state index in [1.807, 2.05) is 0 Å². The molecular weight excluding hydrogens is 224 g/mol. The number of likely N-dealkylation sites (N-methyl/N-ethyl adjacent to an activating group) is 1. The maximum Gasteiger partial charge on any atom is 0.120 e. The zero-order valence-electron chi connectivity index (χ0n) is 11.3. The average Bonchev–Trinajstić information content (AvgIpc) is 2.83. The van der Waals surface area contributed by atoms with Gasteiger partial charge in [0.25, 0.3) is 0 Å². The van der Waals surface area contributed by atoms with E-state index in [1.54, 1.807) is 7.11 Å².